The van der Waals surface area contributed by atoms with Crippen molar-refractivity contribution in [3.8, 4) is 0 Å². The van der Waals surface area contributed by atoms with E-state index in [1.807, 2.05) is 0 Å². The van der Waals surface area contributed by atoms with Crippen molar-refractivity contribution in [2.75, 3.05) is 12.3 Å². The molecular weight excluding hydrogens is 222 g/mol. The van der Waals surface area contributed by atoms with Crippen molar-refractivity contribution in [1.29, 1.82) is 0 Å². The molecule has 0 spiro atoms. The first-order chi connectivity index (χ1) is 6.61. The molecule has 0 atom stereocenters. The van der Waals surface area contributed by atoms with Crippen LogP contribution in [0.25, 0.3) is 0 Å². The van der Waals surface area contributed by atoms with Gasteiger partial charge < -0.3 is 0 Å². The smallest absolute Gasteiger partial charge is 0.268 e. The lowest BCUT2D eigenvalue weighted by Crippen LogP contribution is -2.32. The van der Waals surface area contributed by atoms with Crippen LogP contribution in [0, 0.1) is 0 Å². The molecule has 1 aliphatic rings. The maximum atomic E-state index is 11.7. The van der Waals surface area contributed by atoms with E-state index in [-0.39, 0.29) is 5.75 Å². The van der Waals surface area contributed by atoms with Crippen molar-refractivity contribution in [1.82, 2.24) is 4.31 Å². The standard InChI is InChI=1S/C8H9NO3S2/c10-8(7-2-4-13-6-7)9-3-1-5-14(9,11)12/h2,4,6H,1,3,5H2. The van der Waals surface area contributed by atoms with Gasteiger partial charge in [0.05, 0.1) is 11.3 Å². The highest BCUT2D eigenvalue weighted by Gasteiger charge is 2.33. The van der Waals surface area contributed by atoms with Crippen molar-refractivity contribution in [3.05, 3.63) is 22.4 Å². The van der Waals surface area contributed by atoms with Crippen LogP contribution in [0.15, 0.2) is 16.8 Å². The summed E-state index contributed by atoms with van der Waals surface area (Å²) in [6, 6.07) is 1.64. The Morgan fingerprint density at radius 3 is 2.79 bits per heavy atom. The van der Waals surface area contributed by atoms with Crippen molar-refractivity contribution in [2.24, 2.45) is 0 Å². The summed E-state index contributed by atoms with van der Waals surface area (Å²) in [5.41, 5.74) is 0.459. The zero-order valence-electron chi connectivity index (χ0n) is 7.34. The van der Waals surface area contributed by atoms with Gasteiger partial charge in [0.25, 0.3) is 5.91 Å². The molecule has 0 aromatic carbocycles. The van der Waals surface area contributed by atoms with Gasteiger partial charge in [0.2, 0.25) is 10.0 Å². The summed E-state index contributed by atoms with van der Waals surface area (Å²) >= 11 is 1.38. The first-order valence-electron chi connectivity index (χ1n) is 4.18. The van der Waals surface area contributed by atoms with Crippen molar-refractivity contribution < 1.29 is 13.2 Å². The van der Waals surface area contributed by atoms with Gasteiger partial charge in [-0.1, -0.05) is 0 Å². The third kappa shape index (κ3) is 1.55. The van der Waals surface area contributed by atoms with Gasteiger partial charge in [-0.15, -0.1) is 0 Å². The first-order valence-corrected chi connectivity index (χ1v) is 6.73. The number of carbonyl (C=O) groups is 1. The molecule has 1 aliphatic heterocycles. The minimum absolute atomic E-state index is 0.0862. The molecule has 76 valence electrons. The molecule has 14 heavy (non-hydrogen) atoms. The summed E-state index contributed by atoms with van der Waals surface area (Å²) in [6.45, 7) is 0.316. The molecule has 1 amide bonds. The number of amides is 1. The Bertz CT molecular complexity index is 435. The van der Waals surface area contributed by atoms with E-state index in [1.165, 1.54) is 11.3 Å². The van der Waals surface area contributed by atoms with E-state index < -0.39 is 15.9 Å². The summed E-state index contributed by atoms with van der Waals surface area (Å²) in [5.74, 6) is -0.313. The van der Waals surface area contributed by atoms with E-state index in [4.69, 9.17) is 0 Å². The van der Waals surface area contributed by atoms with Gasteiger partial charge in [0.15, 0.2) is 0 Å². The average Bonchev–Trinajstić information content (AvgIpc) is 2.71. The second kappa shape index (κ2) is 3.36. The van der Waals surface area contributed by atoms with Crippen LogP contribution in [0.5, 0.6) is 0 Å². The van der Waals surface area contributed by atoms with Gasteiger partial charge in [-0.2, -0.15) is 11.3 Å². The maximum Gasteiger partial charge on any atom is 0.268 e. The zero-order valence-corrected chi connectivity index (χ0v) is 8.97. The van der Waals surface area contributed by atoms with Crippen LogP contribution in [0.1, 0.15) is 16.8 Å². The Hall–Kier alpha value is -0.880. The maximum absolute atomic E-state index is 11.7. The highest BCUT2D eigenvalue weighted by Crippen LogP contribution is 2.18. The molecule has 0 aliphatic carbocycles. The summed E-state index contributed by atoms with van der Waals surface area (Å²) in [4.78, 5) is 11.7. The van der Waals surface area contributed by atoms with Gasteiger partial charge in [0, 0.05) is 11.9 Å². The van der Waals surface area contributed by atoms with Crippen LogP contribution < -0.4 is 0 Å². The zero-order chi connectivity index (χ0) is 10.2. The normalized spacial score (nSPS) is 19.9. The SMILES string of the molecule is O=C(c1ccsc1)N1CCCS1(=O)=O. The van der Waals surface area contributed by atoms with Gasteiger partial charge in [0.1, 0.15) is 0 Å². The molecule has 1 aromatic heterocycles. The summed E-state index contributed by atoms with van der Waals surface area (Å²) in [5, 5.41) is 3.42. The number of hydrogen-bond donors (Lipinski definition) is 0. The largest absolute Gasteiger partial charge is 0.268 e. The Labute approximate surface area is 86.2 Å². The molecule has 0 radical (unpaired) electrons. The molecule has 0 N–H and O–H groups in total. The minimum atomic E-state index is -3.32. The number of rotatable bonds is 1. The van der Waals surface area contributed by atoms with Gasteiger partial charge in [-0.3, -0.25) is 4.79 Å². The first kappa shape index (κ1) is 9.67. The van der Waals surface area contributed by atoms with E-state index in [1.54, 1.807) is 16.8 Å². The lowest BCUT2D eigenvalue weighted by molar-refractivity contribution is 0.0870. The van der Waals surface area contributed by atoms with Crippen molar-refractivity contribution >= 4 is 27.3 Å². The summed E-state index contributed by atoms with van der Waals surface area (Å²) in [6.07, 6.45) is 0.540. The molecule has 1 saturated heterocycles. The monoisotopic (exact) mass is 231 g/mol. The third-order valence-corrected chi connectivity index (χ3v) is 4.60. The van der Waals surface area contributed by atoms with Crippen LogP contribution in [0.2, 0.25) is 0 Å². The van der Waals surface area contributed by atoms with E-state index in [0.29, 0.717) is 18.5 Å². The highest BCUT2D eigenvalue weighted by molar-refractivity contribution is 7.89. The third-order valence-electron chi connectivity index (χ3n) is 2.09. The Morgan fingerprint density at radius 2 is 2.29 bits per heavy atom. The van der Waals surface area contributed by atoms with Crippen molar-refractivity contribution in [2.45, 2.75) is 6.42 Å². The fraction of sp³-hybridized carbons (Fsp3) is 0.375. The van der Waals surface area contributed by atoms with Crippen LogP contribution in [-0.4, -0.2) is 30.9 Å². The molecule has 2 rings (SSSR count). The molecule has 0 unspecified atom stereocenters. The molecule has 2 heterocycles. The van der Waals surface area contributed by atoms with E-state index in [2.05, 4.69) is 0 Å². The number of thiophene rings is 1. The Kier molecular flexibility index (Phi) is 2.32. The minimum Gasteiger partial charge on any atom is -0.268 e. The average molecular weight is 231 g/mol. The van der Waals surface area contributed by atoms with E-state index in [0.717, 1.165) is 4.31 Å². The summed E-state index contributed by atoms with van der Waals surface area (Å²) < 4.78 is 23.8. The molecule has 1 aromatic rings. The molecule has 0 saturated carbocycles. The predicted molar refractivity (Wildman–Crippen MR) is 53.8 cm³/mol. The van der Waals surface area contributed by atoms with Crippen LogP contribution in [0.3, 0.4) is 0 Å². The number of nitrogens with zero attached hydrogens (tertiary/aromatic N) is 1. The van der Waals surface area contributed by atoms with Gasteiger partial charge in [-0.25, -0.2) is 12.7 Å². The van der Waals surface area contributed by atoms with Crippen molar-refractivity contribution in [3.63, 3.8) is 0 Å². The number of hydrogen-bond acceptors (Lipinski definition) is 4. The lowest BCUT2D eigenvalue weighted by atomic mass is 10.3. The Balaban J connectivity index is 2.29. The number of carbonyl (C=O) groups excluding carboxylic acids is 1. The fourth-order valence-electron chi connectivity index (χ4n) is 1.40. The molecule has 0 bridgehead atoms. The summed E-state index contributed by atoms with van der Waals surface area (Å²) in [7, 11) is -3.32. The quantitative estimate of drug-likeness (QED) is 0.722. The van der Waals surface area contributed by atoms with E-state index >= 15 is 0 Å². The number of sulfonamides is 1. The molecule has 4 nitrogen and oxygen atoms in total. The van der Waals surface area contributed by atoms with Crippen LogP contribution in [-0.2, 0) is 10.0 Å². The second-order valence-electron chi connectivity index (χ2n) is 3.06. The highest BCUT2D eigenvalue weighted by atomic mass is 32.2. The van der Waals surface area contributed by atoms with Gasteiger partial charge in [-0.05, 0) is 17.9 Å². The molecule has 6 heteroatoms. The van der Waals surface area contributed by atoms with Gasteiger partial charge >= 0.3 is 0 Å². The van der Waals surface area contributed by atoms with E-state index in [9.17, 15) is 13.2 Å². The second-order valence-corrected chi connectivity index (χ2v) is 5.85. The topological polar surface area (TPSA) is 54.5 Å². The van der Waals surface area contributed by atoms with Crippen LogP contribution in [0.4, 0.5) is 0 Å². The van der Waals surface area contributed by atoms with Crippen LogP contribution >= 0.6 is 11.3 Å². The molecule has 1 fully saturated rings. The lowest BCUT2D eigenvalue weighted by Gasteiger charge is -2.13. The molecular formula is C8H9NO3S2. The Morgan fingerprint density at radius 1 is 1.50 bits per heavy atom. The predicted octanol–water partition coefficient (Wildman–Crippen LogP) is 0.924. The fourth-order valence-corrected chi connectivity index (χ4v) is 3.51.